The van der Waals surface area contributed by atoms with Gasteiger partial charge in [-0.25, -0.2) is 13.6 Å². The Balaban J connectivity index is 1.87. The van der Waals surface area contributed by atoms with E-state index in [0.717, 1.165) is 11.1 Å². The number of rotatable bonds is 9. The average molecular weight is 404 g/mol. The molecule has 0 aromatic heterocycles. The number of hydrogen-bond donors (Lipinski definition) is 2. The minimum absolute atomic E-state index is 0.0639. The van der Waals surface area contributed by atoms with Gasteiger partial charge in [-0.2, -0.15) is 0 Å². The van der Waals surface area contributed by atoms with Crippen molar-refractivity contribution < 1.29 is 22.7 Å². The summed E-state index contributed by atoms with van der Waals surface area (Å²) in [7, 11) is -2.13. The van der Waals surface area contributed by atoms with Gasteiger partial charge in [0.25, 0.3) is 0 Å². The molecule has 0 aliphatic rings. The van der Waals surface area contributed by atoms with E-state index in [2.05, 4.69) is 5.32 Å². The monoisotopic (exact) mass is 404 g/mol. The maximum absolute atomic E-state index is 12.0. The predicted octanol–water partition coefficient (Wildman–Crippen LogP) is 2.11. The van der Waals surface area contributed by atoms with Crippen molar-refractivity contribution >= 4 is 22.0 Å². The molecule has 28 heavy (non-hydrogen) atoms. The summed E-state index contributed by atoms with van der Waals surface area (Å²) in [5.41, 5.74) is 1.71. The van der Waals surface area contributed by atoms with E-state index in [-0.39, 0.29) is 10.8 Å². The normalized spacial score (nSPS) is 11.4. The van der Waals surface area contributed by atoms with E-state index in [4.69, 9.17) is 14.6 Å². The molecule has 0 aliphatic heterocycles. The summed E-state index contributed by atoms with van der Waals surface area (Å²) in [6.07, 6.45) is 3.70. The second-order valence-corrected chi connectivity index (χ2v) is 7.47. The van der Waals surface area contributed by atoms with Gasteiger partial charge in [-0.1, -0.05) is 18.2 Å². The molecule has 0 saturated carbocycles. The number of carbonyl (C=O) groups excluding carboxylic acids is 1. The first-order valence-electron chi connectivity index (χ1n) is 8.72. The van der Waals surface area contributed by atoms with Crippen LogP contribution in [0.1, 0.15) is 18.1 Å². The molecule has 0 saturated heterocycles. The molecule has 0 atom stereocenters. The van der Waals surface area contributed by atoms with Crippen LogP contribution in [0.15, 0.2) is 53.4 Å². The standard InChI is InChI=1S/C20H24N2O5S/c1-3-27-18-10-6-16(14-19(18)26-2)7-11-20(23)22-13-12-15-4-8-17(9-5-15)28(21,24)25/h4-11,14H,3,12-13H2,1-2H3,(H,22,23)(H2,21,24,25)/b11-7+. The Morgan fingerprint density at radius 1 is 1.14 bits per heavy atom. The van der Waals surface area contributed by atoms with Crippen LogP contribution in [-0.4, -0.2) is 34.6 Å². The third-order valence-corrected chi connectivity index (χ3v) is 4.81. The number of amides is 1. The van der Waals surface area contributed by atoms with Crippen molar-refractivity contribution in [2.75, 3.05) is 20.3 Å². The van der Waals surface area contributed by atoms with Crippen LogP contribution in [0.4, 0.5) is 0 Å². The number of benzene rings is 2. The van der Waals surface area contributed by atoms with E-state index >= 15 is 0 Å². The van der Waals surface area contributed by atoms with Crippen LogP contribution in [0.25, 0.3) is 6.08 Å². The van der Waals surface area contributed by atoms with Crippen LogP contribution in [0.2, 0.25) is 0 Å². The van der Waals surface area contributed by atoms with Crippen LogP contribution < -0.4 is 19.9 Å². The molecule has 2 aromatic carbocycles. The van der Waals surface area contributed by atoms with E-state index in [1.807, 2.05) is 13.0 Å². The maximum Gasteiger partial charge on any atom is 0.244 e. The molecule has 1 amide bonds. The third-order valence-electron chi connectivity index (χ3n) is 3.88. The highest BCUT2D eigenvalue weighted by atomic mass is 32.2. The lowest BCUT2D eigenvalue weighted by atomic mass is 10.1. The zero-order valence-electron chi connectivity index (χ0n) is 15.8. The topological polar surface area (TPSA) is 108 Å². The van der Waals surface area contributed by atoms with Crippen molar-refractivity contribution in [2.45, 2.75) is 18.2 Å². The van der Waals surface area contributed by atoms with E-state index in [9.17, 15) is 13.2 Å². The van der Waals surface area contributed by atoms with E-state index in [1.165, 1.54) is 18.2 Å². The Labute approximate surface area is 165 Å². The molecule has 0 aliphatic carbocycles. The number of sulfonamides is 1. The first-order chi connectivity index (χ1) is 13.3. The highest BCUT2D eigenvalue weighted by Gasteiger charge is 2.07. The van der Waals surface area contributed by atoms with E-state index in [1.54, 1.807) is 37.5 Å². The number of methoxy groups -OCH3 is 1. The summed E-state index contributed by atoms with van der Waals surface area (Å²) in [6, 6.07) is 11.7. The minimum atomic E-state index is -3.69. The Kier molecular flexibility index (Phi) is 7.60. The molecular formula is C20H24N2O5S. The second-order valence-electron chi connectivity index (χ2n) is 5.91. The van der Waals surface area contributed by atoms with Gasteiger partial charge in [-0.05, 0) is 54.8 Å². The molecule has 0 radical (unpaired) electrons. The molecule has 3 N–H and O–H groups in total. The Bertz CT molecular complexity index is 938. The maximum atomic E-state index is 12.0. The van der Waals surface area contributed by atoms with Gasteiger partial charge >= 0.3 is 0 Å². The summed E-state index contributed by atoms with van der Waals surface area (Å²) in [4.78, 5) is 12.0. The van der Waals surface area contributed by atoms with Crippen LogP contribution in [-0.2, 0) is 21.2 Å². The lowest BCUT2D eigenvalue weighted by molar-refractivity contribution is -0.116. The summed E-state index contributed by atoms with van der Waals surface area (Å²) < 4.78 is 33.2. The van der Waals surface area contributed by atoms with Crippen molar-refractivity contribution in [2.24, 2.45) is 5.14 Å². The number of carbonyl (C=O) groups is 1. The Morgan fingerprint density at radius 2 is 1.86 bits per heavy atom. The predicted molar refractivity (Wildman–Crippen MR) is 108 cm³/mol. The second kappa shape index (κ2) is 9.91. The molecule has 0 fully saturated rings. The fourth-order valence-corrected chi connectivity index (χ4v) is 2.98. The van der Waals surface area contributed by atoms with Crippen molar-refractivity contribution in [1.82, 2.24) is 5.32 Å². The molecule has 0 unspecified atom stereocenters. The van der Waals surface area contributed by atoms with Gasteiger partial charge in [-0.3, -0.25) is 4.79 Å². The lowest BCUT2D eigenvalue weighted by Gasteiger charge is -2.09. The quantitative estimate of drug-likeness (QED) is 0.623. The van der Waals surface area contributed by atoms with Gasteiger partial charge in [-0.15, -0.1) is 0 Å². The Morgan fingerprint density at radius 3 is 2.46 bits per heavy atom. The average Bonchev–Trinajstić information content (AvgIpc) is 2.67. The zero-order chi connectivity index (χ0) is 20.6. The van der Waals surface area contributed by atoms with Gasteiger partial charge < -0.3 is 14.8 Å². The number of nitrogens with one attached hydrogen (secondary N) is 1. The van der Waals surface area contributed by atoms with Crippen molar-refractivity contribution in [3.8, 4) is 11.5 Å². The summed E-state index contributed by atoms with van der Waals surface area (Å²) in [6.45, 7) is 2.86. The fraction of sp³-hybridized carbons (Fsp3) is 0.250. The van der Waals surface area contributed by atoms with Crippen LogP contribution in [0.3, 0.4) is 0 Å². The van der Waals surface area contributed by atoms with E-state index < -0.39 is 10.0 Å². The van der Waals surface area contributed by atoms with Crippen LogP contribution in [0.5, 0.6) is 11.5 Å². The summed E-state index contributed by atoms with van der Waals surface area (Å²) >= 11 is 0. The summed E-state index contributed by atoms with van der Waals surface area (Å²) in [5.74, 6) is 1.03. The SMILES string of the molecule is CCOc1ccc(/C=C/C(=O)NCCc2ccc(S(N)(=O)=O)cc2)cc1OC. The van der Waals surface area contributed by atoms with Gasteiger partial charge in [0.1, 0.15) is 0 Å². The zero-order valence-corrected chi connectivity index (χ0v) is 16.7. The van der Waals surface area contributed by atoms with Gasteiger partial charge in [0, 0.05) is 12.6 Å². The van der Waals surface area contributed by atoms with E-state index in [0.29, 0.717) is 31.1 Å². The van der Waals surface area contributed by atoms with Gasteiger partial charge in [0.2, 0.25) is 15.9 Å². The minimum Gasteiger partial charge on any atom is -0.493 e. The number of primary sulfonamides is 1. The Hall–Kier alpha value is -2.84. The molecular weight excluding hydrogens is 380 g/mol. The van der Waals surface area contributed by atoms with Gasteiger partial charge in [0.15, 0.2) is 11.5 Å². The molecule has 7 nitrogen and oxygen atoms in total. The molecule has 2 aromatic rings. The van der Waals surface area contributed by atoms with Gasteiger partial charge in [0.05, 0.1) is 18.6 Å². The van der Waals surface area contributed by atoms with Crippen molar-refractivity contribution in [3.63, 3.8) is 0 Å². The molecule has 0 bridgehead atoms. The molecule has 8 heteroatoms. The van der Waals surface area contributed by atoms with Crippen molar-refractivity contribution in [1.29, 1.82) is 0 Å². The highest BCUT2D eigenvalue weighted by molar-refractivity contribution is 7.89. The third kappa shape index (κ3) is 6.40. The van der Waals surface area contributed by atoms with Crippen LogP contribution in [0, 0.1) is 0 Å². The number of ether oxygens (including phenoxy) is 2. The number of hydrogen-bond acceptors (Lipinski definition) is 5. The lowest BCUT2D eigenvalue weighted by Crippen LogP contribution is -2.23. The molecule has 150 valence electrons. The fourth-order valence-electron chi connectivity index (χ4n) is 2.47. The largest absolute Gasteiger partial charge is 0.493 e. The number of nitrogens with two attached hydrogens (primary N) is 1. The highest BCUT2D eigenvalue weighted by Crippen LogP contribution is 2.28. The van der Waals surface area contributed by atoms with Crippen molar-refractivity contribution in [3.05, 3.63) is 59.7 Å². The first kappa shape index (κ1) is 21.5. The molecule has 0 spiro atoms. The van der Waals surface area contributed by atoms with Crippen LogP contribution >= 0.6 is 0 Å². The smallest absolute Gasteiger partial charge is 0.244 e. The summed E-state index contributed by atoms with van der Waals surface area (Å²) in [5, 5.41) is 7.84. The molecule has 2 rings (SSSR count). The molecule has 0 heterocycles. The first-order valence-corrected chi connectivity index (χ1v) is 10.3.